The molecule has 1 heterocycles. The molecule has 2 aromatic rings. The molecular weight excluding hydrogens is 241 g/mol. The molecule has 100 valence electrons. The lowest BCUT2D eigenvalue weighted by Gasteiger charge is -2.36. The average Bonchev–Trinajstić information content (AvgIpc) is 2.85. The first-order chi connectivity index (χ1) is 9.31. The molecular formula is C15H18FN3. The zero-order valence-electron chi connectivity index (χ0n) is 10.8. The van der Waals surface area contributed by atoms with Gasteiger partial charge in [-0.15, -0.1) is 0 Å². The van der Waals surface area contributed by atoms with Gasteiger partial charge in [-0.25, -0.2) is 4.39 Å². The van der Waals surface area contributed by atoms with Gasteiger partial charge in [-0.05, 0) is 42.5 Å². The van der Waals surface area contributed by atoms with Crippen molar-refractivity contribution in [3.05, 3.63) is 54.1 Å². The van der Waals surface area contributed by atoms with E-state index < -0.39 is 0 Å². The minimum absolute atomic E-state index is 0.132. The van der Waals surface area contributed by atoms with E-state index in [1.54, 1.807) is 18.3 Å². The van der Waals surface area contributed by atoms with Crippen molar-refractivity contribution >= 4 is 0 Å². The normalized spacial score (nSPS) is 22.2. The molecule has 4 heteroatoms. The van der Waals surface area contributed by atoms with E-state index in [-0.39, 0.29) is 5.82 Å². The van der Waals surface area contributed by atoms with Crippen LogP contribution in [0.3, 0.4) is 0 Å². The first-order valence-corrected chi connectivity index (χ1v) is 6.77. The van der Waals surface area contributed by atoms with Crippen LogP contribution >= 0.6 is 0 Å². The molecule has 0 amide bonds. The van der Waals surface area contributed by atoms with Crippen LogP contribution in [-0.2, 0) is 6.54 Å². The molecule has 0 atom stereocenters. The fourth-order valence-electron chi connectivity index (χ4n) is 2.63. The van der Waals surface area contributed by atoms with E-state index in [4.69, 9.17) is 0 Å². The van der Waals surface area contributed by atoms with Crippen LogP contribution in [0.4, 0.5) is 4.39 Å². The minimum Gasteiger partial charge on any atom is -0.312 e. The summed E-state index contributed by atoms with van der Waals surface area (Å²) in [6.45, 7) is 1.83. The summed E-state index contributed by atoms with van der Waals surface area (Å²) in [5.41, 5.74) is 1.13. The highest BCUT2D eigenvalue weighted by molar-refractivity contribution is 5.23. The predicted octanol–water partition coefficient (Wildman–Crippen LogP) is 2.56. The molecule has 3 nitrogen and oxygen atoms in total. The molecule has 0 saturated heterocycles. The topological polar surface area (TPSA) is 29.9 Å². The van der Waals surface area contributed by atoms with E-state index in [0.29, 0.717) is 12.0 Å². The third-order valence-corrected chi connectivity index (χ3v) is 3.79. The Morgan fingerprint density at radius 1 is 1.32 bits per heavy atom. The van der Waals surface area contributed by atoms with Crippen LogP contribution in [-0.4, -0.2) is 22.4 Å². The SMILES string of the molecule is Fc1cccc(C2CC(NCCn3cccn3)C2)c1. The number of benzene rings is 1. The Bertz CT molecular complexity index is 518. The van der Waals surface area contributed by atoms with Gasteiger partial charge in [0.25, 0.3) is 0 Å². The molecule has 1 N–H and O–H groups in total. The predicted molar refractivity (Wildman–Crippen MR) is 72.4 cm³/mol. The summed E-state index contributed by atoms with van der Waals surface area (Å²) >= 11 is 0. The molecule has 1 aromatic carbocycles. The third kappa shape index (κ3) is 3.01. The molecule has 1 aliphatic rings. The summed E-state index contributed by atoms with van der Waals surface area (Å²) in [5.74, 6) is 0.380. The molecule has 3 rings (SSSR count). The summed E-state index contributed by atoms with van der Waals surface area (Å²) < 4.78 is 15.0. The van der Waals surface area contributed by atoms with E-state index in [2.05, 4.69) is 10.4 Å². The van der Waals surface area contributed by atoms with Crippen molar-refractivity contribution in [1.82, 2.24) is 15.1 Å². The first kappa shape index (κ1) is 12.4. The summed E-state index contributed by atoms with van der Waals surface area (Å²) in [4.78, 5) is 0. The molecule has 1 saturated carbocycles. The van der Waals surface area contributed by atoms with E-state index in [9.17, 15) is 4.39 Å². The molecule has 0 radical (unpaired) electrons. The minimum atomic E-state index is -0.132. The van der Waals surface area contributed by atoms with Gasteiger partial charge in [-0.1, -0.05) is 12.1 Å². The molecule has 1 aliphatic carbocycles. The van der Waals surface area contributed by atoms with Gasteiger partial charge in [0.1, 0.15) is 5.82 Å². The maximum Gasteiger partial charge on any atom is 0.123 e. The fraction of sp³-hybridized carbons (Fsp3) is 0.400. The standard InChI is InChI=1S/C15H18FN3/c16-14-4-1-3-12(9-14)13-10-15(11-13)17-6-8-19-7-2-5-18-19/h1-5,7,9,13,15,17H,6,8,10-11H2. The van der Waals surface area contributed by atoms with Crippen molar-refractivity contribution < 1.29 is 4.39 Å². The smallest absolute Gasteiger partial charge is 0.123 e. The van der Waals surface area contributed by atoms with Crippen molar-refractivity contribution in [2.75, 3.05) is 6.54 Å². The zero-order chi connectivity index (χ0) is 13.1. The van der Waals surface area contributed by atoms with Crippen LogP contribution in [0.25, 0.3) is 0 Å². The van der Waals surface area contributed by atoms with E-state index >= 15 is 0 Å². The van der Waals surface area contributed by atoms with Gasteiger partial charge < -0.3 is 5.32 Å². The van der Waals surface area contributed by atoms with Gasteiger partial charge in [0, 0.05) is 25.0 Å². The molecule has 1 fully saturated rings. The zero-order valence-corrected chi connectivity index (χ0v) is 10.8. The highest BCUT2D eigenvalue weighted by atomic mass is 19.1. The Labute approximate surface area is 112 Å². The Kier molecular flexibility index (Phi) is 3.60. The summed E-state index contributed by atoms with van der Waals surface area (Å²) in [7, 11) is 0. The molecule has 0 unspecified atom stereocenters. The van der Waals surface area contributed by atoms with Gasteiger partial charge in [0.2, 0.25) is 0 Å². The maximum absolute atomic E-state index is 13.1. The maximum atomic E-state index is 13.1. The highest BCUT2D eigenvalue weighted by Crippen LogP contribution is 2.36. The van der Waals surface area contributed by atoms with E-state index in [1.165, 1.54) is 6.07 Å². The number of nitrogens with one attached hydrogen (secondary N) is 1. The van der Waals surface area contributed by atoms with Crippen LogP contribution in [0.2, 0.25) is 0 Å². The second kappa shape index (κ2) is 5.53. The summed E-state index contributed by atoms with van der Waals surface area (Å²) in [5, 5.41) is 7.68. The third-order valence-electron chi connectivity index (χ3n) is 3.79. The van der Waals surface area contributed by atoms with Gasteiger partial charge in [0.15, 0.2) is 0 Å². The number of hydrogen-bond donors (Lipinski definition) is 1. The quantitative estimate of drug-likeness (QED) is 0.894. The lowest BCUT2D eigenvalue weighted by Crippen LogP contribution is -2.41. The average molecular weight is 259 g/mol. The van der Waals surface area contributed by atoms with Crippen molar-refractivity contribution in [2.24, 2.45) is 0 Å². The number of aromatic nitrogens is 2. The molecule has 0 bridgehead atoms. The van der Waals surface area contributed by atoms with Gasteiger partial charge in [-0.3, -0.25) is 4.68 Å². The van der Waals surface area contributed by atoms with Gasteiger partial charge in [0.05, 0.1) is 6.54 Å². The Balaban J connectivity index is 1.41. The second-order valence-corrected chi connectivity index (χ2v) is 5.14. The molecule has 19 heavy (non-hydrogen) atoms. The lowest BCUT2D eigenvalue weighted by molar-refractivity contribution is 0.286. The first-order valence-electron chi connectivity index (χ1n) is 6.77. The lowest BCUT2D eigenvalue weighted by atomic mass is 9.76. The van der Waals surface area contributed by atoms with E-state index in [0.717, 1.165) is 31.5 Å². The fourth-order valence-corrected chi connectivity index (χ4v) is 2.63. The number of hydrogen-bond acceptors (Lipinski definition) is 2. The van der Waals surface area contributed by atoms with Gasteiger partial charge in [-0.2, -0.15) is 5.10 Å². The molecule has 0 spiro atoms. The second-order valence-electron chi connectivity index (χ2n) is 5.14. The summed E-state index contributed by atoms with van der Waals surface area (Å²) in [6, 6.07) is 9.47. The van der Waals surface area contributed by atoms with E-state index in [1.807, 2.05) is 23.0 Å². The van der Waals surface area contributed by atoms with Crippen LogP contribution in [0.15, 0.2) is 42.7 Å². The number of halogens is 1. The largest absolute Gasteiger partial charge is 0.312 e. The van der Waals surface area contributed by atoms with Crippen LogP contribution < -0.4 is 5.32 Å². The van der Waals surface area contributed by atoms with Crippen LogP contribution in [0.5, 0.6) is 0 Å². The van der Waals surface area contributed by atoms with Crippen molar-refractivity contribution in [3.63, 3.8) is 0 Å². The highest BCUT2D eigenvalue weighted by Gasteiger charge is 2.29. The summed E-state index contributed by atoms with van der Waals surface area (Å²) in [6.07, 6.45) is 5.96. The van der Waals surface area contributed by atoms with Crippen LogP contribution in [0.1, 0.15) is 24.3 Å². The van der Waals surface area contributed by atoms with Gasteiger partial charge >= 0.3 is 0 Å². The Morgan fingerprint density at radius 3 is 2.95 bits per heavy atom. The van der Waals surface area contributed by atoms with Crippen molar-refractivity contribution in [2.45, 2.75) is 31.3 Å². The molecule has 1 aromatic heterocycles. The molecule has 0 aliphatic heterocycles. The number of nitrogens with zero attached hydrogens (tertiary/aromatic N) is 2. The van der Waals surface area contributed by atoms with Crippen molar-refractivity contribution in [3.8, 4) is 0 Å². The Morgan fingerprint density at radius 2 is 2.21 bits per heavy atom. The van der Waals surface area contributed by atoms with Crippen molar-refractivity contribution in [1.29, 1.82) is 0 Å². The Hall–Kier alpha value is -1.68. The number of rotatable bonds is 5. The van der Waals surface area contributed by atoms with Crippen LogP contribution in [0, 0.1) is 5.82 Å². The monoisotopic (exact) mass is 259 g/mol.